The van der Waals surface area contributed by atoms with Crippen LogP contribution in [0.3, 0.4) is 0 Å². The lowest BCUT2D eigenvalue weighted by atomic mass is 10.3. The summed E-state index contributed by atoms with van der Waals surface area (Å²) in [7, 11) is 4.15. The molecule has 0 saturated carbocycles. The molecule has 2 aromatic heterocycles. The maximum atomic E-state index is 4.88. The standard InChI is InChI=1S/C16H14N3S2/c1-18-11-7-3-5-9-13(11)20-15(18)17-16-19(2)12-8-4-6-10-14(12)21-16/h3-10H,1-2H3/q+1. The van der Waals surface area contributed by atoms with Crippen LogP contribution < -0.4 is 9.37 Å². The molecule has 0 unspecified atom stereocenters. The summed E-state index contributed by atoms with van der Waals surface area (Å²) in [5.74, 6) is 0. The number of rotatable bonds is 1. The van der Waals surface area contributed by atoms with Crippen LogP contribution >= 0.6 is 22.7 Å². The minimum absolute atomic E-state index is 1.03. The second-order valence-electron chi connectivity index (χ2n) is 4.93. The average molecular weight is 312 g/mol. The van der Waals surface area contributed by atoms with E-state index in [1.165, 1.54) is 20.4 Å². The van der Waals surface area contributed by atoms with Crippen molar-refractivity contribution in [2.75, 3.05) is 0 Å². The van der Waals surface area contributed by atoms with Gasteiger partial charge in [0.15, 0.2) is 0 Å². The minimum atomic E-state index is 1.03. The first-order valence-electron chi connectivity index (χ1n) is 6.71. The highest BCUT2D eigenvalue weighted by molar-refractivity contribution is 7.21. The molecule has 0 amide bonds. The Morgan fingerprint density at radius 2 is 1.67 bits per heavy atom. The van der Waals surface area contributed by atoms with Crippen LogP contribution in [0.15, 0.2) is 53.5 Å². The molecule has 0 aliphatic heterocycles. The number of benzene rings is 2. The first-order chi connectivity index (χ1) is 10.2. The highest BCUT2D eigenvalue weighted by Crippen LogP contribution is 2.25. The third kappa shape index (κ3) is 2.01. The van der Waals surface area contributed by atoms with E-state index in [1.807, 2.05) is 0 Å². The van der Waals surface area contributed by atoms with Gasteiger partial charge in [0.1, 0.15) is 5.52 Å². The van der Waals surface area contributed by atoms with Gasteiger partial charge in [-0.15, -0.1) is 0 Å². The summed E-state index contributed by atoms with van der Waals surface area (Å²) >= 11 is 3.45. The van der Waals surface area contributed by atoms with Crippen molar-refractivity contribution in [1.29, 1.82) is 0 Å². The monoisotopic (exact) mass is 312 g/mol. The normalized spacial score (nSPS) is 12.6. The first kappa shape index (κ1) is 12.7. The second-order valence-corrected chi connectivity index (χ2v) is 6.95. The molecule has 0 aliphatic rings. The molecule has 0 N–H and O–H groups in total. The molecule has 5 heteroatoms. The third-order valence-electron chi connectivity index (χ3n) is 3.62. The average Bonchev–Trinajstić information content (AvgIpc) is 2.99. The van der Waals surface area contributed by atoms with Crippen molar-refractivity contribution in [3.05, 3.63) is 53.3 Å². The summed E-state index contributed by atoms with van der Waals surface area (Å²) in [5.41, 5.74) is 2.45. The van der Waals surface area contributed by atoms with Gasteiger partial charge in [0.05, 0.1) is 22.0 Å². The number of hydrogen-bond donors (Lipinski definition) is 0. The number of fused-ring (bicyclic) bond motifs is 2. The molecule has 21 heavy (non-hydrogen) atoms. The van der Waals surface area contributed by atoms with Crippen molar-refractivity contribution >= 4 is 48.2 Å². The highest BCUT2D eigenvalue weighted by Gasteiger charge is 2.16. The Labute approximate surface area is 130 Å². The Bertz CT molecular complexity index is 1020. The van der Waals surface area contributed by atoms with Gasteiger partial charge in [-0.05, 0) is 35.6 Å². The van der Waals surface area contributed by atoms with Crippen molar-refractivity contribution in [3.8, 4) is 0 Å². The Morgan fingerprint density at radius 3 is 2.43 bits per heavy atom. The first-order valence-corrected chi connectivity index (χ1v) is 8.34. The van der Waals surface area contributed by atoms with Gasteiger partial charge in [0, 0.05) is 12.0 Å². The van der Waals surface area contributed by atoms with Crippen molar-refractivity contribution in [1.82, 2.24) is 4.57 Å². The largest absolute Gasteiger partial charge is 0.386 e. The summed E-state index contributed by atoms with van der Waals surface area (Å²) in [6.45, 7) is 0. The summed E-state index contributed by atoms with van der Waals surface area (Å²) < 4.78 is 6.85. The Morgan fingerprint density at radius 1 is 0.952 bits per heavy atom. The van der Waals surface area contributed by atoms with E-state index in [0.717, 1.165) is 9.93 Å². The second kappa shape index (κ2) is 4.79. The fourth-order valence-corrected chi connectivity index (χ4v) is 4.56. The molecule has 0 radical (unpaired) electrons. The van der Waals surface area contributed by atoms with Crippen LogP contribution in [0.4, 0.5) is 5.13 Å². The summed E-state index contributed by atoms with van der Waals surface area (Å²) in [4.78, 5) is 5.90. The highest BCUT2D eigenvalue weighted by atomic mass is 32.1. The lowest BCUT2D eigenvalue weighted by Gasteiger charge is -1.91. The molecule has 0 aliphatic carbocycles. The van der Waals surface area contributed by atoms with Crippen molar-refractivity contribution in [3.63, 3.8) is 0 Å². The predicted molar refractivity (Wildman–Crippen MR) is 89.0 cm³/mol. The zero-order chi connectivity index (χ0) is 14.4. The Hall–Kier alpha value is -1.98. The molecule has 2 aromatic carbocycles. The van der Waals surface area contributed by atoms with E-state index < -0.39 is 0 Å². The number of nitrogens with zero attached hydrogens (tertiary/aromatic N) is 3. The molecular weight excluding hydrogens is 298 g/mol. The van der Waals surface area contributed by atoms with Crippen LogP contribution in [0.1, 0.15) is 0 Å². The topological polar surface area (TPSA) is 21.2 Å². The molecular formula is C16H14N3S2+. The van der Waals surface area contributed by atoms with E-state index in [1.54, 1.807) is 22.7 Å². The van der Waals surface area contributed by atoms with Gasteiger partial charge in [-0.2, -0.15) is 0 Å². The van der Waals surface area contributed by atoms with Gasteiger partial charge >= 0.3 is 9.93 Å². The maximum Gasteiger partial charge on any atom is 0.386 e. The molecule has 3 nitrogen and oxygen atoms in total. The number of aromatic nitrogens is 2. The smallest absolute Gasteiger partial charge is 0.298 e. The molecule has 2 heterocycles. The number of aryl methyl sites for hydroxylation is 2. The number of hydrogen-bond acceptors (Lipinski definition) is 3. The SMILES string of the molecule is Cn1c(=Nc2sc3ccccc3[n+]2C)sc2ccccc21. The summed E-state index contributed by atoms with van der Waals surface area (Å²) in [6, 6.07) is 16.8. The van der Waals surface area contributed by atoms with Crippen LogP contribution in [0.5, 0.6) is 0 Å². The molecule has 104 valence electrons. The predicted octanol–water partition coefficient (Wildman–Crippen LogP) is 3.51. The van der Waals surface area contributed by atoms with Crippen LogP contribution in [0, 0.1) is 0 Å². The minimum Gasteiger partial charge on any atom is -0.298 e. The summed E-state index contributed by atoms with van der Waals surface area (Å²) in [6.07, 6.45) is 0. The molecule has 0 fully saturated rings. The zero-order valence-corrected chi connectivity index (χ0v) is 13.4. The van der Waals surface area contributed by atoms with E-state index in [0.29, 0.717) is 0 Å². The fourth-order valence-electron chi connectivity index (χ4n) is 2.46. The van der Waals surface area contributed by atoms with Crippen molar-refractivity contribution in [2.45, 2.75) is 0 Å². The molecule has 0 bridgehead atoms. The van der Waals surface area contributed by atoms with Gasteiger partial charge in [0.2, 0.25) is 0 Å². The van der Waals surface area contributed by atoms with Gasteiger partial charge in [-0.1, -0.05) is 35.6 Å². The van der Waals surface area contributed by atoms with Gasteiger partial charge < -0.3 is 0 Å². The lowest BCUT2D eigenvalue weighted by Crippen LogP contribution is -2.26. The molecule has 0 saturated heterocycles. The zero-order valence-electron chi connectivity index (χ0n) is 11.8. The van der Waals surface area contributed by atoms with Crippen LogP contribution in [-0.2, 0) is 14.1 Å². The molecule has 4 rings (SSSR count). The Balaban J connectivity index is 2.00. The van der Waals surface area contributed by atoms with E-state index in [4.69, 9.17) is 4.99 Å². The fraction of sp³-hybridized carbons (Fsp3) is 0.125. The van der Waals surface area contributed by atoms with Crippen molar-refractivity contribution in [2.24, 2.45) is 19.1 Å². The van der Waals surface area contributed by atoms with E-state index in [9.17, 15) is 0 Å². The van der Waals surface area contributed by atoms with Gasteiger partial charge in [-0.25, -0.2) is 4.57 Å². The number of thiazole rings is 2. The van der Waals surface area contributed by atoms with Gasteiger partial charge in [0.25, 0.3) is 0 Å². The van der Waals surface area contributed by atoms with Crippen LogP contribution in [-0.4, -0.2) is 4.57 Å². The van der Waals surface area contributed by atoms with Gasteiger partial charge in [-0.3, -0.25) is 4.57 Å². The third-order valence-corrected chi connectivity index (χ3v) is 5.85. The molecule has 0 spiro atoms. The van der Waals surface area contributed by atoms with Crippen LogP contribution in [0.2, 0.25) is 0 Å². The van der Waals surface area contributed by atoms with E-state index >= 15 is 0 Å². The number of para-hydroxylation sites is 2. The maximum absolute atomic E-state index is 4.88. The van der Waals surface area contributed by atoms with Crippen LogP contribution in [0.25, 0.3) is 20.4 Å². The molecule has 0 atom stereocenters. The van der Waals surface area contributed by atoms with Crippen molar-refractivity contribution < 1.29 is 4.57 Å². The van der Waals surface area contributed by atoms with E-state index in [2.05, 4.69) is 71.8 Å². The Kier molecular flexibility index (Phi) is 2.90. The molecule has 4 aromatic rings. The van der Waals surface area contributed by atoms with E-state index in [-0.39, 0.29) is 0 Å². The summed E-state index contributed by atoms with van der Waals surface area (Å²) in [5, 5.41) is 1.03. The quantitative estimate of drug-likeness (QED) is 0.480. The lowest BCUT2D eigenvalue weighted by molar-refractivity contribution is -0.627.